The molecular weight excluding hydrogens is 232 g/mol. The number of allylic oxidation sites excluding steroid dienone is 2. The van der Waals surface area contributed by atoms with Crippen LogP contribution >= 0.6 is 0 Å². The van der Waals surface area contributed by atoms with Gasteiger partial charge in [-0.2, -0.15) is 0 Å². The first kappa shape index (κ1) is 13.3. The first-order chi connectivity index (χ1) is 9.18. The normalized spacial score (nSPS) is 11.9. The highest BCUT2D eigenvalue weighted by molar-refractivity contribution is 6.20. The highest BCUT2D eigenvalue weighted by atomic mass is 16.1. The Morgan fingerprint density at radius 2 is 1.37 bits per heavy atom. The zero-order valence-corrected chi connectivity index (χ0v) is 11.4. The standard InChI is InChI=1S/C18H18O/c1-14(13-16-9-5-3-6-10-16)18(15(2)19)17-11-7-4-8-12-17/h3-12H,13H2,1-2H3/b18-14-. The Morgan fingerprint density at radius 1 is 0.842 bits per heavy atom. The lowest BCUT2D eigenvalue weighted by Gasteiger charge is -2.10. The van der Waals surface area contributed by atoms with Crippen LogP contribution in [-0.4, -0.2) is 5.78 Å². The fourth-order valence-electron chi connectivity index (χ4n) is 2.35. The quantitative estimate of drug-likeness (QED) is 0.740. The predicted octanol–water partition coefficient (Wildman–Crippen LogP) is 4.29. The number of hydrogen-bond acceptors (Lipinski definition) is 1. The van der Waals surface area contributed by atoms with Crippen LogP contribution in [0, 0.1) is 0 Å². The van der Waals surface area contributed by atoms with Crippen LogP contribution in [0.1, 0.15) is 25.0 Å². The maximum absolute atomic E-state index is 11.9. The molecule has 1 heteroatoms. The topological polar surface area (TPSA) is 17.1 Å². The van der Waals surface area contributed by atoms with Crippen molar-refractivity contribution < 1.29 is 4.79 Å². The highest BCUT2D eigenvalue weighted by Crippen LogP contribution is 2.22. The van der Waals surface area contributed by atoms with E-state index in [1.165, 1.54) is 5.56 Å². The van der Waals surface area contributed by atoms with E-state index in [2.05, 4.69) is 12.1 Å². The van der Waals surface area contributed by atoms with E-state index in [9.17, 15) is 4.79 Å². The molecule has 0 saturated heterocycles. The second-order valence-electron chi connectivity index (χ2n) is 4.74. The van der Waals surface area contributed by atoms with E-state index in [0.717, 1.165) is 23.1 Å². The Labute approximate surface area is 114 Å². The van der Waals surface area contributed by atoms with Gasteiger partial charge in [0.05, 0.1) is 0 Å². The molecule has 0 fully saturated rings. The molecule has 0 N–H and O–H groups in total. The molecule has 0 atom stereocenters. The summed E-state index contributed by atoms with van der Waals surface area (Å²) >= 11 is 0. The van der Waals surface area contributed by atoms with Crippen LogP contribution in [0.5, 0.6) is 0 Å². The molecule has 0 aliphatic heterocycles. The molecule has 2 aromatic rings. The Bertz CT molecular complexity index is 580. The van der Waals surface area contributed by atoms with E-state index in [1.807, 2.05) is 55.5 Å². The van der Waals surface area contributed by atoms with Gasteiger partial charge in [-0.15, -0.1) is 0 Å². The van der Waals surface area contributed by atoms with Gasteiger partial charge in [-0.25, -0.2) is 0 Å². The molecule has 0 aliphatic carbocycles. The van der Waals surface area contributed by atoms with Crippen LogP contribution in [0.4, 0.5) is 0 Å². The zero-order chi connectivity index (χ0) is 13.7. The van der Waals surface area contributed by atoms with Gasteiger partial charge in [0.15, 0.2) is 5.78 Å². The van der Waals surface area contributed by atoms with Gasteiger partial charge in [0.1, 0.15) is 0 Å². The van der Waals surface area contributed by atoms with Crippen molar-refractivity contribution in [1.82, 2.24) is 0 Å². The van der Waals surface area contributed by atoms with Gasteiger partial charge in [0, 0.05) is 5.57 Å². The molecule has 2 rings (SSSR count). The summed E-state index contributed by atoms with van der Waals surface area (Å²) in [5.74, 6) is 0.125. The predicted molar refractivity (Wildman–Crippen MR) is 79.9 cm³/mol. The largest absolute Gasteiger partial charge is 0.294 e. The van der Waals surface area contributed by atoms with E-state index < -0.39 is 0 Å². The van der Waals surface area contributed by atoms with Crippen molar-refractivity contribution >= 4 is 11.4 Å². The van der Waals surface area contributed by atoms with Crippen molar-refractivity contribution in [3.8, 4) is 0 Å². The molecule has 19 heavy (non-hydrogen) atoms. The SMILES string of the molecule is CC(=O)/C(=C(\C)Cc1ccccc1)c1ccccc1. The minimum atomic E-state index is 0.125. The van der Waals surface area contributed by atoms with E-state index in [4.69, 9.17) is 0 Å². The maximum Gasteiger partial charge on any atom is 0.160 e. The molecule has 0 heterocycles. The van der Waals surface area contributed by atoms with Crippen LogP contribution < -0.4 is 0 Å². The molecule has 1 nitrogen and oxygen atoms in total. The first-order valence-corrected chi connectivity index (χ1v) is 6.48. The number of Topliss-reactive ketones (excluding diaryl/α,β-unsaturated/α-hetero) is 1. The molecule has 0 amide bonds. The summed E-state index contributed by atoms with van der Waals surface area (Å²) in [6, 6.07) is 20.1. The summed E-state index contributed by atoms with van der Waals surface area (Å²) in [6.07, 6.45) is 0.810. The third kappa shape index (κ3) is 3.41. The summed E-state index contributed by atoms with van der Waals surface area (Å²) in [6.45, 7) is 3.67. The van der Waals surface area contributed by atoms with Crippen LogP contribution in [0.15, 0.2) is 66.2 Å². The van der Waals surface area contributed by atoms with Crippen molar-refractivity contribution in [3.63, 3.8) is 0 Å². The second kappa shape index (κ2) is 6.14. The monoisotopic (exact) mass is 250 g/mol. The smallest absolute Gasteiger partial charge is 0.160 e. The Kier molecular flexibility index (Phi) is 4.30. The Hall–Kier alpha value is -2.15. The number of rotatable bonds is 4. The van der Waals surface area contributed by atoms with Gasteiger partial charge in [-0.1, -0.05) is 66.2 Å². The highest BCUT2D eigenvalue weighted by Gasteiger charge is 2.11. The van der Waals surface area contributed by atoms with Gasteiger partial charge in [0.25, 0.3) is 0 Å². The molecule has 96 valence electrons. The molecule has 0 radical (unpaired) electrons. The average Bonchev–Trinajstić information content (AvgIpc) is 2.40. The number of ketones is 1. The summed E-state index contributed by atoms with van der Waals surface area (Å²) in [5.41, 5.74) is 4.19. The van der Waals surface area contributed by atoms with E-state index in [1.54, 1.807) is 6.92 Å². The van der Waals surface area contributed by atoms with Gasteiger partial charge in [0.2, 0.25) is 0 Å². The van der Waals surface area contributed by atoms with Crippen molar-refractivity contribution in [1.29, 1.82) is 0 Å². The zero-order valence-electron chi connectivity index (χ0n) is 11.4. The second-order valence-corrected chi connectivity index (χ2v) is 4.74. The number of benzene rings is 2. The molecule has 0 unspecified atom stereocenters. The lowest BCUT2D eigenvalue weighted by molar-refractivity contribution is -0.111. The number of carbonyl (C=O) groups is 1. The molecule has 2 aromatic carbocycles. The number of hydrogen-bond donors (Lipinski definition) is 0. The maximum atomic E-state index is 11.9. The van der Waals surface area contributed by atoms with Crippen molar-refractivity contribution in [2.24, 2.45) is 0 Å². The fraction of sp³-hybridized carbons (Fsp3) is 0.167. The summed E-state index contributed by atoms with van der Waals surface area (Å²) in [4.78, 5) is 11.9. The van der Waals surface area contributed by atoms with E-state index in [-0.39, 0.29) is 5.78 Å². The molecule has 0 saturated carbocycles. The van der Waals surface area contributed by atoms with Crippen molar-refractivity contribution in [3.05, 3.63) is 77.4 Å². The fourth-order valence-corrected chi connectivity index (χ4v) is 2.35. The van der Waals surface area contributed by atoms with Crippen molar-refractivity contribution in [2.45, 2.75) is 20.3 Å². The van der Waals surface area contributed by atoms with Gasteiger partial charge < -0.3 is 0 Å². The lowest BCUT2D eigenvalue weighted by Crippen LogP contribution is -2.01. The van der Waals surface area contributed by atoms with E-state index in [0.29, 0.717) is 0 Å². The minimum Gasteiger partial charge on any atom is -0.294 e. The molecule has 0 bridgehead atoms. The third-order valence-electron chi connectivity index (χ3n) is 3.15. The van der Waals surface area contributed by atoms with Gasteiger partial charge >= 0.3 is 0 Å². The van der Waals surface area contributed by atoms with Gasteiger partial charge in [-0.3, -0.25) is 4.79 Å². The average molecular weight is 250 g/mol. The van der Waals surface area contributed by atoms with Crippen LogP contribution in [0.3, 0.4) is 0 Å². The minimum absolute atomic E-state index is 0.125. The van der Waals surface area contributed by atoms with Crippen molar-refractivity contribution in [2.75, 3.05) is 0 Å². The summed E-state index contributed by atoms with van der Waals surface area (Å²) < 4.78 is 0. The Morgan fingerprint density at radius 3 is 1.89 bits per heavy atom. The van der Waals surface area contributed by atoms with E-state index >= 15 is 0 Å². The molecular formula is C18H18O. The number of carbonyl (C=O) groups excluding carboxylic acids is 1. The van der Waals surface area contributed by atoms with Crippen LogP contribution in [-0.2, 0) is 11.2 Å². The lowest BCUT2D eigenvalue weighted by atomic mass is 9.94. The molecule has 0 aromatic heterocycles. The van der Waals surface area contributed by atoms with Crippen LogP contribution in [0.2, 0.25) is 0 Å². The summed E-state index contributed by atoms with van der Waals surface area (Å²) in [5, 5.41) is 0. The molecule has 0 spiro atoms. The third-order valence-corrected chi connectivity index (χ3v) is 3.15. The summed E-state index contributed by atoms with van der Waals surface area (Å²) in [7, 11) is 0. The Balaban J connectivity index is 2.37. The first-order valence-electron chi connectivity index (χ1n) is 6.48. The van der Waals surface area contributed by atoms with Crippen LogP contribution in [0.25, 0.3) is 5.57 Å². The van der Waals surface area contributed by atoms with Gasteiger partial charge in [-0.05, 0) is 31.4 Å². The molecule has 0 aliphatic rings.